The molecule has 26 heavy (non-hydrogen) atoms. The first-order chi connectivity index (χ1) is 12.4. The van der Waals surface area contributed by atoms with E-state index in [-0.39, 0.29) is 13.0 Å². The standard InChI is InChI=1S/C18H14ClF2NO4/c19-12-3-1-11(2-4-12)18(25)22-8-7-17(24)26-10-16(23)14-9-13(20)5-6-15(14)21/h1-6,9H,7-8,10H2,(H,22,25). The van der Waals surface area contributed by atoms with E-state index in [2.05, 4.69) is 5.32 Å². The number of esters is 1. The van der Waals surface area contributed by atoms with E-state index in [0.29, 0.717) is 10.6 Å². The molecule has 0 saturated heterocycles. The molecule has 0 aliphatic carbocycles. The lowest BCUT2D eigenvalue weighted by molar-refractivity contribution is -0.142. The van der Waals surface area contributed by atoms with Crippen molar-refractivity contribution in [2.24, 2.45) is 0 Å². The van der Waals surface area contributed by atoms with E-state index in [1.807, 2.05) is 0 Å². The molecule has 0 aromatic heterocycles. The van der Waals surface area contributed by atoms with Gasteiger partial charge in [0.15, 0.2) is 6.61 Å². The van der Waals surface area contributed by atoms with E-state index in [1.165, 1.54) is 12.1 Å². The Balaban J connectivity index is 1.75. The van der Waals surface area contributed by atoms with Crippen LogP contribution in [0.2, 0.25) is 5.02 Å². The summed E-state index contributed by atoms with van der Waals surface area (Å²) in [5, 5.41) is 3.00. The van der Waals surface area contributed by atoms with Gasteiger partial charge in [-0.2, -0.15) is 0 Å². The predicted molar refractivity (Wildman–Crippen MR) is 90.0 cm³/mol. The summed E-state index contributed by atoms with van der Waals surface area (Å²) < 4.78 is 31.2. The lowest BCUT2D eigenvalue weighted by Gasteiger charge is -2.07. The number of carbonyl (C=O) groups excluding carboxylic acids is 3. The number of benzene rings is 2. The minimum Gasteiger partial charge on any atom is -0.457 e. The highest BCUT2D eigenvalue weighted by Crippen LogP contribution is 2.11. The van der Waals surface area contributed by atoms with Crippen molar-refractivity contribution in [2.45, 2.75) is 6.42 Å². The summed E-state index contributed by atoms with van der Waals surface area (Å²) in [4.78, 5) is 35.2. The largest absolute Gasteiger partial charge is 0.457 e. The van der Waals surface area contributed by atoms with Gasteiger partial charge in [-0.05, 0) is 42.5 Å². The molecule has 136 valence electrons. The number of Topliss-reactive ketones (excluding diaryl/α,β-unsaturated/α-hetero) is 1. The van der Waals surface area contributed by atoms with Crippen LogP contribution in [-0.2, 0) is 9.53 Å². The third-order valence-electron chi connectivity index (χ3n) is 3.31. The van der Waals surface area contributed by atoms with Crippen molar-refractivity contribution < 1.29 is 27.9 Å². The number of nitrogens with one attached hydrogen (secondary N) is 1. The van der Waals surface area contributed by atoms with Gasteiger partial charge in [0.1, 0.15) is 11.6 Å². The highest BCUT2D eigenvalue weighted by Gasteiger charge is 2.15. The van der Waals surface area contributed by atoms with Gasteiger partial charge in [0.2, 0.25) is 5.78 Å². The number of carbonyl (C=O) groups is 3. The summed E-state index contributed by atoms with van der Waals surface area (Å²) in [6.45, 7) is -0.729. The van der Waals surface area contributed by atoms with Crippen LogP contribution in [0.15, 0.2) is 42.5 Å². The lowest BCUT2D eigenvalue weighted by Crippen LogP contribution is -2.27. The van der Waals surface area contributed by atoms with E-state index < -0.39 is 41.5 Å². The molecule has 0 fully saturated rings. The Morgan fingerprint density at radius 2 is 1.73 bits per heavy atom. The monoisotopic (exact) mass is 381 g/mol. The van der Waals surface area contributed by atoms with Crippen LogP contribution < -0.4 is 5.32 Å². The van der Waals surface area contributed by atoms with E-state index in [0.717, 1.165) is 18.2 Å². The summed E-state index contributed by atoms with van der Waals surface area (Å²) in [6.07, 6.45) is -0.182. The molecule has 2 aromatic carbocycles. The zero-order valence-electron chi connectivity index (χ0n) is 13.4. The Bertz CT molecular complexity index is 824. The van der Waals surface area contributed by atoms with E-state index in [9.17, 15) is 23.2 Å². The summed E-state index contributed by atoms with van der Waals surface area (Å²) in [7, 11) is 0. The van der Waals surface area contributed by atoms with Gasteiger partial charge >= 0.3 is 5.97 Å². The van der Waals surface area contributed by atoms with Crippen LogP contribution in [0.1, 0.15) is 27.1 Å². The molecular formula is C18H14ClF2NO4. The fourth-order valence-corrected chi connectivity index (χ4v) is 2.11. The number of amides is 1. The molecular weight excluding hydrogens is 368 g/mol. The third kappa shape index (κ3) is 5.63. The fourth-order valence-electron chi connectivity index (χ4n) is 1.99. The van der Waals surface area contributed by atoms with Crippen LogP contribution in [-0.4, -0.2) is 30.8 Å². The molecule has 5 nitrogen and oxygen atoms in total. The van der Waals surface area contributed by atoms with Gasteiger partial charge in [-0.3, -0.25) is 14.4 Å². The van der Waals surface area contributed by atoms with Crippen LogP contribution in [0, 0.1) is 11.6 Å². The van der Waals surface area contributed by atoms with Crippen LogP contribution >= 0.6 is 11.6 Å². The minimum absolute atomic E-state index is 0.0111. The quantitative estimate of drug-likeness (QED) is 0.590. The van der Waals surface area contributed by atoms with Crippen LogP contribution in [0.4, 0.5) is 8.78 Å². The Kier molecular flexibility index (Phi) is 6.80. The number of ether oxygens (including phenoxy) is 1. The minimum atomic E-state index is -0.900. The zero-order chi connectivity index (χ0) is 19.1. The maximum Gasteiger partial charge on any atom is 0.308 e. The van der Waals surface area contributed by atoms with Crippen molar-refractivity contribution >= 4 is 29.3 Å². The summed E-state index contributed by atoms with van der Waals surface area (Å²) >= 11 is 5.72. The number of ketones is 1. The van der Waals surface area contributed by atoms with Gasteiger partial charge < -0.3 is 10.1 Å². The second-order valence-electron chi connectivity index (χ2n) is 5.22. The lowest BCUT2D eigenvalue weighted by atomic mass is 10.1. The molecule has 0 unspecified atom stereocenters. The van der Waals surface area contributed by atoms with Gasteiger partial charge in [0, 0.05) is 17.1 Å². The molecule has 0 bridgehead atoms. The summed E-state index contributed by atoms with van der Waals surface area (Å²) in [5.41, 5.74) is -0.117. The van der Waals surface area contributed by atoms with Crippen molar-refractivity contribution in [3.05, 3.63) is 70.2 Å². The maximum atomic E-state index is 13.4. The predicted octanol–water partition coefficient (Wildman–Crippen LogP) is 3.16. The Hall–Kier alpha value is -2.80. The average Bonchev–Trinajstić information content (AvgIpc) is 2.62. The van der Waals surface area contributed by atoms with E-state index >= 15 is 0 Å². The maximum absolute atomic E-state index is 13.4. The van der Waals surface area contributed by atoms with Crippen molar-refractivity contribution in [1.29, 1.82) is 0 Å². The van der Waals surface area contributed by atoms with Crippen LogP contribution in [0.25, 0.3) is 0 Å². The normalized spacial score (nSPS) is 10.3. The van der Waals surface area contributed by atoms with Crippen LogP contribution in [0.5, 0.6) is 0 Å². The summed E-state index contributed by atoms with van der Waals surface area (Å²) in [5.74, 6) is -3.69. The van der Waals surface area contributed by atoms with Gasteiger partial charge in [-0.15, -0.1) is 0 Å². The highest BCUT2D eigenvalue weighted by molar-refractivity contribution is 6.30. The van der Waals surface area contributed by atoms with Gasteiger partial charge in [-0.1, -0.05) is 11.6 Å². The van der Waals surface area contributed by atoms with Crippen LogP contribution in [0.3, 0.4) is 0 Å². The first-order valence-corrected chi connectivity index (χ1v) is 7.92. The van der Waals surface area contributed by atoms with E-state index in [1.54, 1.807) is 12.1 Å². The molecule has 0 heterocycles. The Morgan fingerprint density at radius 1 is 1.04 bits per heavy atom. The zero-order valence-corrected chi connectivity index (χ0v) is 14.2. The van der Waals surface area contributed by atoms with Gasteiger partial charge in [-0.25, -0.2) is 8.78 Å². The first-order valence-electron chi connectivity index (χ1n) is 7.54. The van der Waals surface area contributed by atoms with Crippen molar-refractivity contribution in [1.82, 2.24) is 5.32 Å². The SMILES string of the molecule is O=C(CCNC(=O)c1ccc(Cl)cc1)OCC(=O)c1cc(F)ccc1F. The molecule has 1 amide bonds. The second kappa shape index (κ2) is 9.05. The molecule has 0 radical (unpaired) electrons. The summed E-state index contributed by atoms with van der Waals surface area (Å²) in [6, 6.07) is 8.60. The smallest absolute Gasteiger partial charge is 0.308 e. The van der Waals surface area contributed by atoms with Gasteiger partial charge in [0.05, 0.1) is 12.0 Å². The highest BCUT2D eigenvalue weighted by atomic mass is 35.5. The molecule has 8 heteroatoms. The average molecular weight is 382 g/mol. The topological polar surface area (TPSA) is 72.5 Å². The molecule has 0 aliphatic heterocycles. The molecule has 0 atom stereocenters. The number of hydrogen-bond acceptors (Lipinski definition) is 4. The van der Waals surface area contributed by atoms with Crippen molar-refractivity contribution in [3.8, 4) is 0 Å². The van der Waals surface area contributed by atoms with Gasteiger partial charge in [0.25, 0.3) is 5.91 Å². The number of hydrogen-bond donors (Lipinski definition) is 1. The number of halogens is 3. The fraction of sp³-hybridized carbons (Fsp3) is 0.167. The molecule has 0 saturated carbocycles. The third-order valence-corrected chi connectivity index (χ3v) is 3.57. The molecule has 1 N–H and O–H groups in total. The molecule has 0 aliphatic rings. The first kappa shape index (κ1) is 19.5. The van der Waals surface area contributed by atoms with Crippen molar-refractivity contribution in [3.63, 3.8) is 0 Å². The Labute approximate surface area is 152 Å². The van der Waals surface area contributed by atoms with E-state index in [4.69, 9.17) is 16.3 Å². The number of rotatable bonds is 7. The Morgan fingerprint density at radius 3 is 2.42 bits per heavy atom. The molecule has 2 rings (SSSR count). The molecule has 2 aromatic rings. The second-order valence-corrected chi connectivity index (χ2v) is 5.66. The van der Waals surface area contributed by atoms with Crippen molar-refractivity contribution in [2.75, 3.05) is 13.2 Å². The molecule has 0 spiro atoms.